The molecule has 0 spiro atoms. The fraction of sp³-hybridized carbons (Fsp3) is 0.735. The van der Waals surface area contributed by atoms with Gasteiger partial charge in [-0.25, -0.2) is 4.79 Å². The van der Waals surface area contributed by atoms with Gasteiger partial charge in [0.1, 0.15) is 5.60 Å². The molecule has 42 heavy (non-hydrogen) atoms. The number of rotatable bonds is 15. The van der Waals surface area contributed by atoms with Crippen molar-refractivity contribution in [1.82, 2.24) is 16.0 Å². The van der Waals surface area contributed by atoms with Gasteiger partial charge < -0.3 is 21.1 Å². The number of imide groups is 1. The van der Waals surface area contributed by atoms with E-state index >= 15 is 0 Å². The van der Waals surface area contributed by atoms with Gasteiger partial charge in [-0.2, -0.15) is 0 Å². The molecule has 0 aliphatic heterocycles. The van der Waals surface area contributed by atoms with Crippen LogP contribution < -0.4 is 21.7 Å². The Labute approximate surface area is 254 Å². The standard InChI is InChI=1S/C34H58N4O4/c1-8-24(4)30(36-20-19-25-15-11-9-12-16-25)32(40)38-31(39)27(23(2)3)22-28(35)29(21-26-17-13-10-14-18-26)37-33(41)42-34(5,6)7/h9,11-12,15-16,23-24,26-30,36H,8,10,13-14,17-22,35H2,1-7H3,(H,37,41)(H,38,39,40)/t24-,27-,28-,29-,30-/m0/s1. The van der Waals surface area contributed by atoms with E-state index < -0.39 is 29.7 Å². The highest BCUT2D eigenvalue weighted by Gasteiger charge is 2.34. The maximum atomic E-state index is 13.5. The minimum Gasteiger partial charge on any atom is -0.444 e. The van der Waals surface area contributed by atoms with Crippen LogP contribution in [0.15, 0.2) is 30.3 Å². The van der Waals surface area contributed by atoms with E-state index in [1.54, 1.807) is 0 Å². The first kappa shape index (κ1) is 35.7. The average molecular weight is 587 g/mol. The van der Waals surface area contributed by atoms with Gasteiger partial charge in [0.15, 0.2) is 0 Å². The topological polar surface area (TPSA) is 123 Å². The highest BCUT2D eigenvalue weighted by atomic mass is 16.6. The first-order valence-corrected chi connectivity index (χ1v) is 16.2. The molecule has 1 aromatic rings. The van der Waals surface area contributed by atoms with E-state index in [0.29, 0.717) is 18.9 Å². The lowest BCUT2D eigenvalue weighted by Gasteiger charge is -2.33. The number of hydrogen-bond acceptors (Lipinski definition) is 6. The molecule has 2 rings (SSSR count). The summed E-state index contributed by atoms with van der Waals surface area (Å²) in [5.41, 5.74) is 7.33. The Morgan fingerprint density at radius 1 is 1.00 bits per heavy atom. The third-order valence-corrected chi connectivity index (χ3v) is 8.56. The SMILES string of the molecule is CC[C@H](C)[C@H](NCCc1ccccc1)C(=O)NC(=O)[C@@H](C[C@H](N)[C@H](CC1CCCCC1)NC(=O)OC(C)(C)C)C(C)C. The van der Waals surface area contributed by atoms with Crippen molar-refractivity contribution in [2.75, 3.05) is 6.54 Å². The number of amides is 3. The largest absolute Gasteiger partial charge is 0.444 e. The van der Waals surface area contributed by atoms with Crippen LogP contribution >= 0.6 is 0 Å². The minimum absolute atomic E-state index is 0.0335. The predicted octanol–water partition coefficient (Wildman–Crippen LogP) is 5.73. The van der Waals surface area contributed by atoms with E-state index in [2.05, 4.69) is 28.1 Å². The van der Waals surface area contributed by atoms with Crippen LogP contribution in [0, 0.1) is 23.7 Å². The number of nitrogens with one attached hydrogen (secondary N) is 3. The third-order valence-electron chi connectivity index (χ3n) is 8.56. The average Bonchev–Trinajstić information content (AvgIpc) is 2.93. The lowest BCUT2D eigenvalue weighted by Crippen LogP contribution is -2.54. The lowest BCUT2D eigenvalue weighted by atomic mass is 9.80. The molecule has 0 bridgehead atoms. The summed E-state index contributed by atoms with van der Waals surface area (Å²) in [7, 11) is 0. The highest BCUT2D eigenvalue weighted by Crippen LogP contribution is 2.29. The molecular weight excluding hydrogens is 528 g/mol. The van der Waals surface area contributed by atoms with Crippen LogP contribution in [0.4, 0.5) is 4.79 Å². The summed E-state index contributed by atoms with van der Waals surface area (Å²) < 4.78 is 5.54. The van der Waals surface area contributed by atoms with Crippen molar-refractivity contribution < 1.29 is 19.1 Å². The maximum absolute atomic E-state index is 13.5. The number of benzene rings is 1. The Kier molecular flexibility index (Phi) is 15.0. The Morgan fingerprint density at radius 2 is 1.64 bits per heavy atom. The second-order valence-corrected chi connectivity index (χ2v) is 13.6. The van der Waals surface area contributed by atoms with Crippen LogP contribution in [0.1, 0.15) is 105 Å². The van der Waals surface area contributed by atoms with Crippen molar-refractivity contribution in [1.29, 1.82) is 0 Å². The van der Waals surface area contributed by atoms with Crippen molar-refractivity contribution in [2.24, 2.45) is 29.4 Å². The van der Waals surface area contributed by atoms with Gasteiger partial charge in [-0.1, -0.05) is 96.6 Å². The second kappa shape index (κ2) is 17.6. The molecule has 1 fully saturated rings. The zero-order chi connectivity index (χ0) is 31.3. The molecule has 1 aromatic carbocycles. The van der Waals surface area contributed by atoms with Crippen molar-refractivity contribution in [3.8, 4) is 0 Å². The first-order chi connectivity index (χ1) is 19.8. The molecule has 0 unspecified atom stereocenters. The summed E-state index contributed by atoms with van der Waals surface area (Å²) in [6.45, 7) is 14.2. The molecule has 0 heterocycles. The normalized spacial score (nSPS) is 18.0. The Morgan fingerprint density at radius 3 is 2.21 bits per heavy atom. The van der Waals surface area contributed by atoms with Gasteiger partial charge in [0.25, 0.3) is 0 Å². The summed E-state index contributed by atoms with van der Waals surface area (Å²) in [6, 6.07) is 8.89. The fourth-order valence-corrected chi connectivity index (χ4v) is 5.82. The summed E-state index contributed by atoms with van der Waals surface area (Å²) in [5.74, 6) is -0.569. The van der Waals surface area contributed by atoms with E-state index in [1.807, 2.05) is 66.7 Å². The number of hydrogen-bond donors (Lipinski definition) is 4. The number of carbonyl (C=O) groups is 3. The maximum Gasteiger partial charge on any atom is 0.407 e. The van der Waals surface area contributed by atoms with E-state index in [-0.39, 0.29) is 29.7 Å². The zero-order valence-electron chi connectivity index (χ0n) is 27.2. The number of nitrogens with two attached hydrogens (primary N) is 1. The van der Waals surface area contributed by atoms with Crippen molar-refractivity contribution in [3.05, 3.63) is 35.9 Å². The summed E-state index contributed by atoms with van der Waals surface area (Å²) in [5, 5.41) is 9.13. The van der Waals surface area contributed by atoms with Gasteiger partial charge in [-0.3, -0.25) is 14.9 Å². The van der Waals surface area contributed by atoms with Gasteiger partial charge in [0.2, 0.25) is 11.8 Å². The third kappa shape index (κ3) is 12.8. The smallest absolute Gasteiger partial charge is 0.407 e. The molecule has 5 atom stereocenters. The van der Waals surface area contributed by atoms with Crippen LogP contribution in [0.5, 0.6) is 0 Å². The number of ether oxygens (including phenoxy) is 1. The molecule has 1 saturated carbocycles. The van der Waals surface area contributed by atoms with E-state index in [9.17, 15) is 14.4 Å². The Balaban J connectivity index is 2.08. The highest BCUT2D eigenvalue weighted by molar-refractivity contribution is 5.98. The molecule has 3 amide bonds. The quantitative estimate of drug-likeness (QED) is 0.208. The fourth-order valence-electron chi connectivity index (χ4n) is 5.82. The Bertz CT molecular complexity index is 956. The monoisotopic (exact) mass is 586 g/mol. The van der Waals surface area contributed by atoms with Crippen LogP contribution in [-0.2, 0) is 20.7 Å². The Hall–Kier alpha value is -2.45. The van der Waals surface area contributed by atoms with E-state index in [4.69, 9.17) is 10.5 Å². The predicted molar refractivity (Wildman–Crippen MR) is 170 cm³/mol. The molecule has 0 saturated heterocycles. The summed E-state index contributed by atoms with van der Waals surface area (Å²) >= 11 is 0. The molecule has 0 radical (unpaired) electrons. The molecular formula is C34H58N4O4. The molecule has 8 heteroatoms. The minimum atomic E-state index is -0.619. The molecule has 238 valence electrons. The van der Waals surface area contributed by atoms with Gasteiger partial charge >= 0.3 is 6.09 Å². The van der Waals surface area contributed by atoms with E-state index in [0.717, 1.165) is 32.1 Å². The van der Waals surface area contributed by atoms with Crippen molar-refractivity contribution in [2.45, 2.75) is 130 Å². The van der Waals surface area contributed by atoms with Crippen LogP contribution in [0.3, 0.4) is 0 Å². The van der Waals surface area contributed by atoms with Crippen molar-refractivity contribution >= 4 is 17.9 Å². The van der Waals surface area contributed by atoms with Gasteiger partial charge in [0.05, 0.1) is 6.04 Å². The molecule has 1 aliphatic rings. The zero-order valence-corrected chi connectivity index (χ0v) is 27.2. The van der Waals surface area contributed by atoms with Crippen LogP contribution in [0.25, 0.3) is 0 Å². The van der Waals surface area contributed by atoms with Gasteiger partial charge in [0, 0.05) is 18.0 Å². The van der Waals surface area contributed by atoms with Gasteiger partial charge in [-0.15, -0.1) is 0 Å². The number of alkyl carbamates (subject to hydrolysis) is 1. The summed E-state index contributed by atoms with van der Waals surface area (Å²) in [4.78, 5) is 39.7. The van der Waals surface area contributed by atoms with E-state index in [1.165, 1.54) is 24.8 Å². The first-order valence-electron chi connectivity index (χ1n) is 16.2. The number of carbonyl (C=O) groups excluding carboxylic acids is 3. The van der Waals surface area contributed by atoms with Crippen molar-refractivity contribution in [3.63, 3.8) is 0 Å². The lowest BCUT2D eigenvalue weighted by molar-refractivity contribution is -0.135. The molecule has 5 N–H and O–H groups in total. The second-order valence-electron chi connectivity index (χ2n) is 13.6. The molecule has 8 nitrogen and oxygen atoms in total. The van der Waals surface area contributed by atoms with Crippen LogP contribution in [-0.4, -0.2) is 48.2 Å². The molecule has 1 aliphatic carbocycles. The molecule has 0 aromatic heterocycles. The van der Waals surface area contributed by atoms with Crippen LogP contribution in [0.2, 0.25) is 0 Å². The summed E-state index contributed by atoms with van der Waals surface area (Å²) in [6.07, 6.45) is 8.10. The van der Waals surface area contributed by atoms with Gasteiger partial charge in [-0.05, 0) is 69.9 Å².